The van der Waals surface area contributed by atoms with Crippen molar-refractivity contribution in [2.75, 3.05) is 38.7 Å². The molecule has 3 rings (SSSR count). The molecule has 0 bridgehead atoms. The molecule has 2 aliphatic heterocycles. The highest BCUT2D eigenvalue weighted by Gasteiger charge is 2.35. The van der Waals surface area contributed by atoms with E-state index in [1.54, 1.807) is 18.4 Å². The third kappa shape index (κ3) is 3.08. The van der Waals surface area contributed by atoms with E-state index in [4.69, 9.17) is 9.72 Å². The number of hydrogen-bond acceptors (Lipinski definition) is 6. The zero-order chi connectivity index (χ0) is 14.8. The van der Waals surface area contributed by atoms with Crippen LogP contribution in [0.1, 0.15) is 29.8 Å². The Morgan fingerprint density at radius 1 is 1.38 bits per heavy atom. The molecule has 2 saturated heterocycles. The lowest BCUT2D eigenvalue weighted by atomic mass is 9.84. The maximum Gasteiger partial charge on any atom is 0.185 e. The van der Waals surface area contributed by atoms with Crippen LogP contribution in [0.5, 0.6) is 0 Å². The maximum atomic E-state index is 9.47. The Bertz CT molecular complexity index is 479. The zero-order valence-electron chi connectivity index (χ0n) is 12.9. The molecule has 0 spiro atoms. The van der Waals surface area contributed by atoms with E-state index in [9.17, 15) is 5.11 Å². The molecule has 6 heteroatoms. The third-order valence-electron chi connectivity index (χ3n) is 4.81. The lowest BCUT2D eigenvalue weighted by Crippen LogP contribution is -2.52. The summed E-state index contributed by atoms with van der Waals surface area (Å²) in [6.07, 6.45) is 3.85. The SMILES string of the molecule is COCc1nc(N2CCC3C(CCCN3C)C2)sc1CO. The van der Waals surface area contributed by atoms with Crippen molar-refractivity contribution in [3.8, 4) is 0 Å². The minimum atomic E-state index is 0.0546. The van der Waals surface area contributed by atoms with Gasteiger partial charge in [0.1, 0.15) is 0 Å². The minimum Gasteiger partial charge on any atom is -0.391 e. The third-order valence-corrected chi connectivity index (χ3v) is 5.95. The quantitative estimate of drug-likeness (QED) is 0.917. The number of methoxy groups -OCH3 is 1. The Kier molecular flexibility index (Phi) is 4.78. The van der Waals surface area contributed by atoms with Gasteiger partial charge in [0.2, 0.25) is 0 Å². The number of anilines is 1. The summed E-state index contributed by atoms with van der Waals surface area (Å²) in [4.78, 5) is 10.6. The molecule has 2 unspecified atom stereocenters. The standard InChI is InChI=1S/C15H25N3O2S/c1-17-6-3-4-11-8-18(7-5-13(11)17)15-16-12(10-20-2)14(9-19)21-15/h11,13,19H,3-10H2,1-2H3. The van der Waals surface area contributed by atoms with Crippen molar-refractivity contribution in [1.29, 1.82) is 0 Å². The van der Waals surface area contributed by atoms with Crippen molar-refractivity contribution in [2.45, 2.75) is 38.5 Å². The van der Waals surface area contributed by atoms with Crippen LogP contribution in [0.25, 0.3) is 0 Å². The van der Waals surface area contributed by atoms with E-state index in [1.807, 2.05) is 0 Å². The Balaban J connectivity index is 1.73. The Morgan fingerprint density at radius 2 is 2.24 bits per heavy atom. The highest BCUT2D eigenvalue weighted by molar-refractivity contribution is 7.15. The number of aromatic nitrogens is 1. The number of rotatable bonds is 4. The van der Waals surface area contributed by atoms with Crippen LogP contribution in [-0.2, 0) is 18.0 Å². The average Bonchev–Trinajstić information content (AvgIpc) is 2.91. The van der Waals surface area contributed by atoms with Crippen LogP contribution in [-0.4, -0.2) is 54.8 Å². The fraction of sp³-hybridized carbons (Fsp3) is 0.800. The number of nitrogens with zero attached hydrogens (tertiary/aromatic N) is 3. The molecule has 1 aromatic rings. The van der Waals surface area contributed by atoms with Gasteiger partial charge in [-0.1, -0.05) is 11.3 Å². The summed E-state index contributed by atoms with van der Waals surface area (Å²) < 4.78 is 5.18. The summed E-state index contributed by atoms with van der Waals surface area (Å²) in [6, 6.07) is 0.741. The first kappa shape index (κ1) is 15.2. The van der Waals surface area contributed by atoms with Gasteiger partial charge in [-0.2, -0.15) is 0 Å². The van der Waals surface area contributed by atoms with Crippen molar-refractivity contribution < 1.29 is 9.84 Å². The lowest BCUT2D eigenvalue weighted by Gasteiger charge is -2.45. The van der Waals surface area contributed by atoms with Gasteiger partial charge in [0.15, 0.2) is 5.13 Å². The summed E-state index contributed by atoms with van der Waals surface area (Å²) in [7, 11) is 3.93. The van der Waals surface area contributed by atoms with Crippen LogP contribution in [0, 0.1) is 5.92 Å². The normalized spacial score (nSPS) is 26.9. The largest absolute Gasteiger partial charge is 0.391 e. The predicted molar refractivity (Wildman–Crippen MR) is 84.7 cm³/mol. The molecule has 2 atom stereocenters. The molecule has 5 nitrogen and oxygen atoms in total. The summed E-state index contributed by atoms with van der Waals surface area (Å²) in [5.74, 6) is 0.754. The van der Waals surface area contributed by atoms with Gasteiger partial charge in [-0.3, -0.25) is 0 Å². The van der Waals surface area contributed by atoms with E-state index in [-0.39, 0.29) is 6.61 Å². The molecule has 118 valence electrons. The van der Waals surface area contributed by atoms with Gasteiger partial charge < -0.3 is 19.6 Å². The second-order valence-electron chi connectivity index (χ2n) is 6.14. The number of piperidine rings is 2. The van der Waals surface area contributed by atoms with Crippen LogP contribution >= 0.6 is 11.3 Å². The molecule has 3 heterocycles. The van der Waals surface area contributed by atoms with E-state index in [2.05, 4.69) is 16.8 Å². The maximum absolute atomic E-state index is 9.47. The zero-order valence-corrected chi connectivity index (χ0v) is 13.7. The van der Waals surface area contributed by atoms with Gasteiger partial charge in [0.25, 0.3) is 0 Å². The van der Waals surface area contributed by atoms with Crippen LogP contribution in [0.3, 0.4) is 0 Å². The number of aliphatic hydroxyl groups is 1. The predicted octanol–water partition coefficient (Wildman–Crippen LogP) is 1.70. The van der Waals surface area contributed by atoms with E-state index in [1.165, 1.54) is 25.8 Å². The van der Waals surface area contributed by atoms with Crippen molar-refractivity contribution in [2.24, 2.45) is 5.92 Å². The number of fused-ring (bicyclic) bond motifs is 1. The van der Waals surface area contributed by atoms with Crippen LogP contribution < -0.4 is 4.90 Å². The van der Waals surface area contributed by atoms with E-state index in [0.717, 1.165) is 40.8 Å². The summed E-state index contributed by atoms with van der Waals surface area (Å²) in [5, 5.41) is 10.5. The first-order chi connectivity index (χ1) is 10.2. The smallest absolute Gasteiger partial charge is 0.185 e. The summed E-state index contributed by atoms with van der Waals surface area (Å²) in [6.45, 7) is 3.94. The van der Waals surface area contributed by atoms with Gasteiger partial charge in [-0.15, -0.1) is 0 Å². The second kappa shape index (κ2) is 6.60. The van der Waals surface area contributed by atoms with Crippen LogP contribution in [0.4, 0.5) is 5.13 Å². The molecule has 0 saturated carbocycles. The number of thiazole rings is 1. The molecular formula is C15H25N3O2S. The van der Waals surface area contributed by atoms with Gasteiger partial charge >= 0.3 is 0 Å². The first-order valence-electron chi connectivity index (χ1n) is 7.76. The highest BCUT2D eigenvalue weighted by Crippen LogP contribution is 2.34. The molecule has 2 fully saturated rings. The molecule has 1 aromatic heterocycles. The molecule has 0 aliphatic carbocycles. The van der Waals surface area contributed by atoms with Crippen molar-refractivity contribution in [1.82, 2.24) is 9.88 Å². The fourth-order valence-corrected chi connectivity index (χ4v) is 4.66. The average molecular weight is 311 g/mol. The van der Waals surface area contributed by atoms with E-state index in [0.29, 0.717) is 6.61 Å². The van der Waals surface area contributed by atoms with E-state index >= 15 is 0 Å². The fourth-order valence-electron chi connectivity index (χ4n) is 3.70. The molecule has 2 aliphatic rings. The van der Waals surface area contributed by atoms with Gasteiger partial charge in [-0.05, 0) is 38.8 Å². The monoisotopic (exact) mass is 311 g/mol. The Morgan fingerprint density at radius 3 is 3.00 bits per heavy atom. The molecule has 0 aromatic carbocycles. The van der Waals surface area contributed by atoms with Gasteiger partial charge in [0, 0.05) is 26.2 Å². The number of aliphatic hydroxyl groups excluding tert-OH is 1. The number of hydrogen-bond donors (Lipinski definition) is 1. The molecule has 21 heavy (non-hydrogen) atoms. The van der Waals surface area contributed by atoms with Crippen LogP contribution in [0.2, 0.25) is 0 Å². The Hall–Kier alpha value is -0.690. The van der Waals surface area contributed by atoms with Gasteiger partial charge in [-0.25, -0.2) is 4.98 Å². The van der Waals surface area contributed by atoms with E-state index < -0.39 is 0 Å². The molecular weight excluding hydrogens is 286 g/mol. The van der Waals surface area contributed by atoms with Gasteiger partial charge in [0.05, 0.1) is 23.8 Å². The number of ether oxygens (including phenoxy) is 1. The highest BCUT2D eigenvalue weighted by atomic mass is 32.1. The number of likely N-dealkylation sites (tertiary alicyclic amines) is 1. The topological polar surface area (TPSA) is 48.8 Å². The molecule has 0 amide bonds. The molecule has 0 radical (unpaired) electrons. The second-order valence-corrected chi connectivity index (χ2v) is 7.20. The van der Waals surface area contributed by atoms with Crippen molar-refractivity contribution in [3.63, 3.8) is 0 Å². The summed E-state index contributed by atoms with van der Waals surface area (Å²) >= 11 is 1.62. The van der Waals surface area contributed by atoms with Crippen molar-refractivity contribution >= 4 is 16.5 Å². The van der Waals surface area contributed by atoms with Crippen LogP contribution in [0.15, 0.2) is 0 Å². The molecule has 1 N–H and O–H groups in total. The first-order valence-corrected chi connectivity index (χ1v) is 8.58. The minimum absolute atomic E-state index is 0.0546. The Labute approximate surface area is 130 Å². The van der Waals surface area contributed by atoms with Crippen molar-refractivity contribution in [3.05, 3.63) is 10.6 Å². The lowest BCUT2D eigenvalue weighted by molar-refractivity contribution is 0.102. The summed E-state index contributed by atoms with van der Waals surface area (Å²) in [5.41, 5.74) is 0.892.